The normalized spacial score (nSPS) is 13.6. The standard InChI is InChI=1S/C40H73NO3/c1-3-5-7-9-11-13-15-17-19-20-22-24-26-28-30-32-34-36-40(44)41-38(37-42)39(43)35-33-31-29-27-25-23-21-18-16-14-12-10-8-6-4-2/h5,7,11,13,17,19,22,24,38-39,42-43H,3-4,6,8-10,12,14-16,18,20-21,23,25-37H2,1-2H3,(H,41,44)/b7-5-,13-11-,19-17-,24-22-. The lowest BCUT2D eigenvalue weighted by Crippen LogP contribution is -2.45. The minimum absolute atomic E-state index is 0.0569. The summed E-state index contributed by atoms with van der Waals surface area (Å²) in [7, 11) is 0. The number of aliphatic hydroxyl groups excluding tert-OH is 2. The van der Waals surface area contributed by atoms with Gasteiger partial charge >= 0.3 is 0 Å². The van der Waals surface area contributed by atoms with Crippen molar-refractivity contribution in [2.45, 2.75) is 193 Å². The molecule has 3 N–H and O–H groups in total. The van der Waals surface area contributed by atoms with Crippen LogP contribution in [0.15, 0.2) is 48.6 Å². The molecule has 4 nitrogen and oxygen atoms in total. The topological polar surface area (TPSA) is 69.6 Å². The molecule has 4 heteroatoms. The zero-order chi connectivity index (χ0) is 32.2. The number of allylic oxidation sites excluding steroid dienone is 8. The fourth-order valence-corrected chi connectivity index (χ4v) is 5.47. The van der Waals surface area contributed by atoms with Gasteiger partial charge in [-0.2, -0.15) is 0 Å². The zero-order valence-electron chi connectivity index (χ0n) is 29.2. The quantitative estimate of drug-likeness (QED) is 0.0508. The van der Waals surface area contributed by atoms with Crippen LogP contribution in [0.5, 0.6) is 0 Å². The van der Waals surface area contributed by atoms with Crippen molar-refractivity contribution in [3.63, 3.8) is 0 Å². The molecule has 44 heavy (non-hydrogen) atoms. The Bertz CT molecular complexity index is 711. The number of nitrogens with one attached hydrogen (secondary N) is 1. The van der Waals surface area contributed by atoms with Gasteiger partial charge in [-0.3, -0.25) is 4.79 Å². The van der Waals surface area contributed by atoms with E-state index < -0.39 is 12.1 Å². The Morgan fingerprint density at radius 2 is 1.00 bits per heavy atom. The van der Waals surface area contributed by atoms with Gasteiger partial charge in [0.2, 0.25) is 5.91 Å². The predicted molar refractivity (Wildman–Crippen MR) is 193 cm³/mol. The average Bonchev–Trinajstić information content (AvgIpc) is 3.03. The van der Waals surface area contributed by atoms with Crippen LogP contribution < -0.4 is 5.32 Å². The second kappa shape index (κ2) is 35.8. The number of carbonyl (C=O) groups is 1. The Hall–Kier alpha value is -1.65. The molecule has 0 aromatic heterocycles. The van der Waals surface area contributed by atoms with Crippen LogP contribution in [0, 0.1) is 0 Å². The molecule has 0 fully saturated rings. The molecule has 0 spiro atoms. The van der Waals surface area contributed by atoms with E-state index in [0.717, 1.165) is 70.6 Å². The summed E-state index contributed by atoms with van der Waals surface area (Å²) in [4.78, 5) is 12.3. The van der Waals surface area contributed by atoms with Gasteiger partial charge in [0.15, 0.2) is 0 Å². The molecule has 0 radical (unpaired) electrons. The van der Waals surface area contributed by atoms with Gasteiger partial charge < -0.3 is 15.5 Å². The molecule has 0 aromatic rings. The summed E-state index contributed by atoms with van der Waals surface area (Å²) >= 11 is 0. The Labute approximate surface area is 274 Å². The first-order valence-electron chi connectivity index (χ1n) is 18.8. The van der Waals surface area contributed by atoms with E-state index >= 15 is 0 Å². The minimum atomic E-state index is -0.669. The Kier molecular flexibility index (Phi) is 34.5. The second-order valence-electron chi connectivity index (χ2n) is 12.6. The molecule has 0 bridgehead atoms. The lowest BCUT2D eigenvalue weighted by atomic mass is 10.0. The van der Waals surface area contributed by atoms with Crippen molar-refractivity contribution < 1.29 is 15.0 Å². The third-order valence-electron chi connectivity index (χ3n) is 8.35. The summed E-state index contributed by atoms with van der Waals surface area (Å²) in [5.74, 6) is -0.0569. The maximum atomic E-state index is 12.3. The molecule has 0 rings (SSSR count). The third-order valence-corrected chi connectivity index (χ3v) is 8.35. The van der Waals surface area contributed by atoms with Crippen LogP contribution in [0.25, 0.3) is 0 Å². The maximum Gasteiger partial charge on any atom is 0.220 e. The number of carbonyl (C=O) groups excluding carboxylic acids is 1. The molecule has 0 aliphatic carbocycles. The van der Waals surface area contributed by atoms with Gasteiger partial charge in [-0.05, 0) is 51.4 Å². The monoisotopic (exact) mass is 616 g/mol. The molecule has 0 saturated heterocycles. The lowest BCUT2D eigenvalue weighted by molar-refractivity contribution is -0.123. The molecule has 0 heterocycles. The van der Waals surface area contributed by atoms with E-state index in [9.17, 15) is 15.0 Å². The van der Waals surface area contributed by atoms with Crippen LogP contribution in [-0.2, 0) is 4.79 Å². The summed E-state index contributed by atoms with van der Waals surface area (Å²) in [5.41, 5.74) is 0. The van der Waals surface area contributed by atoms with Gasteiger partial charge in [0, 0.05) is 6.42 Å². The van der Waals surface area contributed by atoms with E-state index in [2.05, 4.69) is 67.8 Å². The summed E-state index contributed by atoms with van der Waals surface area (Å²) in [6, 6.07) is -0.549. The van der Waals surface area contributed by atoms with Crippen molar-refractivity contribution in [2.24, 2.45) is 0 Å². The highest BCUT2D eigenvalue weighted by Gasteiger charge is 2.19. The molecule has 0 aliphatic rings. The highest BCUT2D eigenvalue weighted by Crippen LogP contribution is 2.15. The molecule has 2 atom stereocenters. The first-order valence-corrected chi connectivity index (χ1v) is 18.8. The number of amides is 1. The van der Waals surface area contributed by atoms with Gasteiger partial charge in [0.1, 0.15) is 0 Å². The van der Waals surface area contributed by atoms with Crippen LogP contribution in [0.3, 0.4) is 0 Å². The highest BCUT2D eigenvalue weighted by molar-refractivity contribution is 5.76. The van der Waals surface area contributed by atoms with Gasteiger partial charge in [0.05, 0.1) is 18.8 Å². The van der Waals surface area contributed by atoms with Crippen LogP contribution in [0.1, 0.15) is 181 Å². The van der Waals surface area contributed by atoms with Crippen molar-refractivity contribution in [2.75, 3.05) is 6.61 Å². The summed E-state index contributed by atoms with van der Waals surface area (Å²) in [5, 5.41) is 23.1. The van der Waals surface area contributed by atoms with E-state index in [1.807, 2.05) is 0 Å². The fourth-order valence-electron chi connectivity index (χ4n) is 5.47. The Morgan fingerprint density at radius 3 is 1.50 bits per heavy atom. The number of hydrogen-bond donors (Lipinski definition) is 3. The van der Waals surface area contributed by atoms with Crippen LogP contribution in [0.4, 0.5) is 0 Å². The molecular formula is C40H73NO3. The Balaban J connectivity index is 3.63. The molecule has 2 unspecified atom stereocenters. The third kappa shape index (κ3) is 31.8. The lowest BCUT2D eigenvalue weighted by Gasteiger charge is -2.22. The van der Waals surface area contributed by atoms with E-state index in [1.165, 1.54) is 83.5 Å². The number of hydrogen-bond acceptors (Lipinski definition) is 3. The van der Waals surface area contributed by atoms with E-state index in [4.69, 9.17) is 0 Å². The number of rotatable bonds is 33. The van der Waals surface area contributed by atoms with E-state index in [0.29, 0.717) is 12.8 Å². The largest absolute Gasteiger partial charge is 0.394 e. The van der Waals surface area contributed by atoms with Gasteiger partial charge in [-0.15, -0.1) is 0 Å². The highest BCUT2D eigenvalue weighted by atomic mass is 16.3. The molecule has 1 amide bonds. The van der Waals surface area contributed by atoms with Gasteiger partial charge in [0.25, 0.3) is 0 Å². The zero-order valence-corrected chi connectivity index (χ0v) is 29.2. The maximum absolute atomic E-state index is 12.3. The summed E-state index contributed by atoms with van der Waals surface area (Å²) in [6.45, 7) is 4.22. The van der Waals surface area contributed by atoms with Gasteiger partial charge in [-0.25, -0.2) is 0 Å². The van der Waals surface area contributed by atoms with E-state index in [1.54, 1.807) is 0 Å². The van der Waals surface area contributed by atoms with Crippen LogP contribution in [0.2, 0.25) is 0 Å². The van der Waals surface area contributed by atoms with Gasteiger partial charge in [-0.1, -0.05) is 172 Å². The molecular weight excluding hydrogens is 542 g/mol. The molecule has 0 aromatic carbocycles. The fraction of sp³-hybridized carbons (Fsp3) is 0.775. The Morgan fingerprint density at radius 1 is 0.568 bits per heavy atom. The van der Waals surface area contributed by atoms with Crippen molar-refractivity contribution in [3.05, 3.63) is 48.6 Å². The summed E-state index contributed by atoms with van der Waals surface area (Å²) < 4.78 is 0. The summed E-state index contributed by atoms with van der Waals surface area (Å²) in [6.07, 6.45) is 47.3. The first-order chi connectivity index (χ1) is 21.7. The van der Waals surface area contributed by atoms with E-state index in [-0.39, 0.29) is 12.5 Å². The first kappa shape index (κ1) is 42.3. The number of aliphatic hydroxyl groups is 2. The number of unbranched alkanes of at least 4 members (excludes halogenated alkanes) is 18. The predicted octanol–water partition coefficient (Wildman–Crippen LogP) is 11.2. The molecule has 0 aliphatic heterocycles. The van der Waals surface area contributed by atoms with Crippen molar-refractivity contribution in [1.29, 1.82) is 0 Å². The second-order valence-corrected chi connectivity index (χ2v) is 12.6. The molecule has 0 saturated carbocycles. The smallest absolute Gasteiger partial charge is 0.220 e. The van der Waals surface area contributed by atoms with Crippen molar-refractivity contribution in [1.82, 2.24) is 5.32 Å². The van der Waals surface area contributed by atoms with Crippen LogP contribution in [-0.4, -0.2) is 34.9 Å². The van der Waals surface area contributed by atoms with Crippen LogP contribution >= 0.6 is 0 Å². The SMILES string of the molecule is CC/C=C\C/C=C\C/C=C\C/C=C\CCCCCCC(=O)NC(CO)C(O)CCCCCCCCCCCCCCCCC. The van der Waals surface area contributed by atoms with Crippen molar-refractivity contribution >= 4 is 5.91 Å². The average molecular weight is 616 g/mol. The minimum Gasteiger partial charge on any atom is -0.394 e. The van der Waals surface area contributed by atoms with Crippen molar-refractivity contribution in [3.8, 4) is 0 Å². The molecule has 256 valence electrons.